The zero-order valence-corrected chi connectivity index (χ0v) is 11.6. The zero-order valence-electron chi connectivity index (χ0n) is 10.8. The van der Waals surface area contributed by atoms with Gasteiger partial charge in [-0.05, 0) is 43.3 Å². The highest BCUT2D eigenvalue weighted by molar-refractivity contribution is 7.20. The number of thiophene rings is 1. The lowest BCUT2D eigenvalue weighted by Crippen LogP contribution is -2.30. The molecule has 1 fully saturated rings. The van der Waals surface area contributed by atoms with E-state index in [1.165, 1.54) is 17.5 Å². The van der Waals surface area contributed by atoms with Crippen LogP contribution in [0.1, 0.15) is 28.9 Å². The SMILES string of the molecule is O=C(NCC[C@@H]1CCCN1)c1cc2ccccc2s1. The van der Waals surface area contributed by atoms with E-state index in [1.54, 1.807) is 11.3 Å². The Labute approximate surface area is 117 Å². The number of benzene rings is 1. The molecule has 0 radical (unpaired) electrons. The summed E-state index contributed by atoms with van der Waals surface area (Å²) in [5, 5.41) is 7.61. The van der Waals surface area contributed by atoms with E-state index in [2.05, 4.69) is 16.7 Å². The Morgan fingerprint density at radius 3 is 3.11 bits per heavy atom. The summed E-state index contributed by atoms with van der Waals surface area (Å²) in [5.74, 6) is 0.0548. The number of hydrogen-bond acceptors (Lipinski definition) is 3. The zero-order chi connectivity index (χ0) is 13.1. The van der Waals surface area contributed by atoms with Crippen LogP contribution < -0.4 is 10.6 Å². The maximum atomic E-state index is 12.1. The van der Waals surface area contributed by atoms with Gasteiger partial charge < -0.3 is 10.6 Å². The minimum absolute atomic E-state index is 0.0548. The summed E-state index contributed by atoms with van der Waals surface area (Å²) in [5.41, 5.74) is 0. The number of rotatable bonds is 4. The molecule has 3 rings (SSSR count). The Bertz CT molecular complexity index is 539. The highest BCUT2D eigenvalue weighted by atomic mass is 32.1. The second kappa shape index (κ2) is 5.72. The second-order valence-electron chi connectivity index (χ2n) is 4.99. The second-order valence-corrected chi connectivity index (χ2v) is 6.07. The monoisotopic (exact) mass is 274 g/mol. The minimum atomic E-state index is 0.0548. The third-order valence-electron chi connectivity index (χ3n) is 3.59. The first kappa shape index (κ1) is 12.6. The van der Waals surface area contributed by atoms with Crippen molar-refractivity contribution in [1.82, 2.24) is 10.6 Å². The van der Waals surface area contributed by atoms with E-state index >= 15 is 0 Å². The van der Waals surface area contributed by atoms with E-state index in [0.717, 1.165) is 29.8 Å². The molecule has 1 atom stereocenters. The van der Waals surface area contributed by atoms with Crippen molar-refractivity contribution in [1.29, 1.82) is 0 Å². The van der Waals surface area contributed by atoms with Crippen LogP contribution in [0.25, 0.3) is 10.1 Å². The fourth-order valence-corrected chi connectivity index (χ4v) is 3.52. The predicted molar refractivity (Wildman–Crippen MR) is 79.8 cm³/mol. The van der Waals surface area contributed by atoms with Crippen LogP contribution in [0.15, 0.2) is 30.3 Å². The average Bonchev–Trinajstić information content (AvgIpc) is 3.07. The molecule has 19 heavy (non-hydrogen) atoms. The first-order valence-electron chi connectivity index (χ1n) is 6.83. The molecule has 4 heteroatoms. The molecule has 2 N–H and O–H groups in total. The van der Waals surface area contributed by atoms with Gasteiger partial charge in [-0.3, -0.25) is 4.79 Å². The number of nitrogens with one attached hydrogen (secondary N) is 2. The number of carbonyl (C=O) groups excluding carboxylic acids is 1. The normalized spacial score (nSPS) is 18.8. The molecule has 100 valence electrons. The molecule has 1 aromatic carbocycles. The van der Waals surface area contributed by atoms with Gasteiger partial charge in [0.1, 0.15) is 0 Å². The molecule has 3 nitrogen and oxygen atoms in total. The van der Waals surface area contributed by atoms with Gasteiger partial charge in [-0.1, -0.05) is 18.2 Å². The number of carbonyl (C=O) groups is 1. The lowest BCUT2D eigenvalue weighted by Gasteiger charge is -2.09. The molecular formula is C15H18N2OS. The van der Waals surface area contributed by atoms with Crippen molar-refractivity contribution in [2.75, 3.05) is 13.1 Å². The van der Waals surface area contributed by atoms with E-state index in [4.69, 9.17) is 0 Å². The Morgan fingerprint density at radius 1 is 1.42 bits per heavy atom. The van der Waals surface area contributed by atoms with Crippen LogP contribution in [0.5, 0.6) is 0 Å². The molecule has 1 amide bonds. The van der Waals surface area contributed by atoms with Crippen molar-refractivity contribution < 1.29 is 4.79 Å². The molecule has 1 aliphatic rings. The predicted octanol–water partition coefficient (Wildman–Crippen LogP) is 2.77. The molecule has 0 saturated carbocycles. The van der Waals surface area contributed by atoms with Gasteiger partial charge >= 0.3 is 0 Å². The van der Waals surface area contributed by atoms with Crippen LogP contribution in [-0.4, -0.2) is 25.0 Å². The van der Waals surface area contributed by atoms with Gasteiger partial charge in [-0.25, -0.2) is 0 Å². The maximum Gasteiger partial charge on any atom is 0.261 e. The summed E-state index contributed by atoms with van der Waals surface area (Å²) in [7, 11) is 0. The molecule has 1 aromatic heterocycles. The van der Waals surface area contributed by atoms with Crippen molar-refractivity contribution >= 4 is 27.3 Å². The lowest BCUT2D eigenvalue weighted by atomic mass is 10.1. The van der Waals surface area contributed by atoms with Gasteiger partial charge in [-0.2, -0.15) is 0 Å². The Balaban J connectivity index is 1.57. The van der Waals surface area contributed by atoms with Crippen molar-refractivity contribution in [3.8, 4) is 0 Å². The van der Waals surface area contributed by atoms with Crippen LogP contribution in [0.3, 0.4) is 0 Å². The van der Waals surface area contributed by atoms with Crippen molar-refractivity contribution in [2.45, 2.75) is 25.3 Å². The van der Waals surface area contributed by atoms with Gasteiger partial charge in [0.15, 0.2) is 0 Å². The molecule has 2 heterocycles. The van der Waals surface area contributed by atoms with Crippen LogP contribution in [0.4, 0.5) is 0 Å². The molecule has 1 aliphatic heterocycles. The van der Waals surface area contributed by atoms with Crippen molar-refractivity contribution in [2.24, 2.45) is 0 Å². The van der Waals surface area contributed by atoms with Crippen molar-refractivity contribution in [3.63, 3.8) is 0 Å². The van der Waals surface area contributed by atoms with Crippen LogP contribution in [0, 0.1) is 0 Å². The van der Waals surface area contributed by atoms with E-state index in [9.17, 15) is 4.79 Å². The van der Waals surface area contributed by atoms with Crippen LogP contribution in [-0.2, 0) is 0 Å². The van der Waals surface area contributed by atoms with Gasteiger partial charge in [0, 0.05) is 17.3 Å². The number of amides is 1. The summed E-state index contributed by atoms with van der Waals surface area (Å²) >= 11 is 1.56. The summed E-state index contributed by atoms with van der Waals surface area (Å²) in [4.78, 5) is 12.9. The molecule has 0 bridgehead atoms. The highest BCUT2D eigenvalue weighted by Gasteiger charge is 2.14. The van der Waals surface area contributed by atoms with E-state index in [0.29, 0.717) is 6.04 Å². The standard InChI is InChI=1S/C15H18N2OS/c18-15(17-9-7-12-5-3-8-16-12)14-10-11-4-1-2-6-13(11)19-14/h1-2,4,6,10,12,16H,3,5,7-9H2,(H,17,18)/t12-/m0/s1. The first-order valence-corrected chi connectivity index (χ1v) is 7.65. The number of fused-ring (bicyclic) bond motifs is 1. The Morgan fingerprint density at radius 2 is 2.32 bits per heavy atom. The maximum absolute atomic E-state index is 12.1. The topological polar surface area (TPSA) is 41.1 Å². The summed E-state index contributed by atoms with van der Waals surface area (Å²) in [6.45, 7) is 1.87. The van der Waals surface area contributed by atoms with E-state index in [-0.39, 0.29) is 5.91 Å². The molecule has 1 saturated heterocycles. The fourth-order valence-electron chi connectivity index (χ4n) is 2.54. The number of hydrogen-bond donors (Lipinski definition) is 2. The third kappa shape index (κ3) is 2.96. The third-order valence-corrected chi connectivity index (χ3v) is 4.70. The van der Waals surface area contributed by atoms with Gasteiger partial charge in [0.05, 0.1) is 4.88 Å². The summed E-state index contributed by atoms with van der Waals surface area (Å²) in [6, 6.07) is 10.7. The quantitative estimate of drug-likeness (QED) is 0.900. The molecule has 2 aromatic rings. The van der Waals surface area contributed by atoms with E-state index in [1.807, 2.05) is 24.3 Å². The van der Waals surface area contributed by atoms with Gasteiger partial charge in [-0.15, -0.1) is 11.3 Å². The first-order chi connectivity index (χ1) is 9.33. The smallest absolute Gasteiger partial charge is 0.261 e. The fraction of sp³-hybridized carbons (Fsp3) is 0.400. The molecule has 0 spiro atoms. The van der Waals surface area contributed by atoms with Gasteiger partial charge in [0.25, 0.3) is 5.91 Å². The molecule has 0 aliphatic carbocycles. The molecule has 0 unspecified atom stereocenters. The van der Waals surface area contributed by atoms with Crippen LogP contribution in [0.2, 0.25) is 0 Å². The van der Waals surface area contributed by atoms with Crippen molar-refractivity contribution in [3.05, 3.63) is 35.2 Å². The molecular weight excluding hydrogens is 256 g/mol. The van der Waals surface area contributed by atoms with Crippen LogP contribution >= 0.6 is 11.3 Å². The van der Waals surface area contributed by atoms with Gasteiger partial charge in [0.2, 0.25) is 0 Å². The van der Waals surface area contributed by atoms with E-state index < -0.39 is 0 Å². The Hall–Kier alpha value is -1.39. The minimum Gasteiger partial charge on any atom is -0.351 e. The largest absolute Gasteiger partial charge is 0.351 e. The summed E-state index contributed by atoms with van der Waals surface area (Å²) in [6.07, 6.45) is 3.52. The summed E-state index contributed by atoms with van der Waals surface area (Å²) < 4.78 is 1.17. The highest BCUT2D eigenvalue weighted by Crippen LogP contribution is 2.25. The average molecular weight is 274 g/mol. The Kier molecular flexibility index (Phi) is 3.80. The lowest BCUT2D eigenvalue weighted by molar-refractivity contribution is 0.0956.